The monoisotopic (exact) mass is 420 g/mol. The van der Waals surface area contributed by atoms with Crippen LogP contribution >= 0.6 is 27.3 Å². The molecule has 3 amide bonds. The van der Waals surface area contributed by atoms with Crippen LogP contribution < -0.4 is 0 Å². The summed E-state index contributed by atoms with van der Waals surface area (Å²) in [6.45, 7) is 0.825. The van der Waals surface area contributed by atoms with Gasteiger partial charge in [0.1, 0.15) is 0 Å². The van der Waals surface area contributed by atoms with E-state index in [9.17, 15) is 14.4 Å². The summed E-state index contributed by atoms with van der Waals surface area (Å²) in [5.41, 5.74) is 1.95. The van der Waals surface area contributed by atoms with E-state index in [2.05, 4.69) is 15.9 Å². The summed E-state index contributed by atoms with van der Waals surface area (Å²) in [4.78, 5) is 39.8. The Hall–Kier alpha value is -1.99. The molecule has 1 aliphatic rings. The Kier molecular flexibility index (Phi) is 5.34. The second kappa shape index (κ2) is 7.49. The van der Waals surface area contributed by atoms with E-state index in [4.69, 9.17) is 0 Å². The fraction of sp³-hybridized carbons (Fsp3) is 0.278. The molecule has 7 heteroatoms. The van der Waals surface area contributed by atoms with Crippen LogP contribution in [0.15, 0.2) is 39.5 Å². The highest BCUT2D eigenvalue weighted by molar-refractivity contribution is 9.10. The molecule has 0 atom stereocenters. The number of hydrogen-bond acceptors (Lipinski definition) is 4. The molecular weight excluding hydrogens is 404 g/mol. The van der Waals surface area contributed by atoms with Gasteiger partial charge in [-0.3, -0.25) is 19.3 Å². The van der Waals surface area contributed by atoms with Crippen LogP contribution in [0, 0.1) is 0 Å². The van der Waals surface area contributed by atoms with Gasteiger partial charge in [0.25, 0.3) is 11.8 Å². The van der Waals surface area contributed by atoms with Gasteiger partial charge in [0.05, 0.1) is 11.1 Å². The number of benzene rings is 1. The third-order valence-corrected chi connectivity index (χ3v) is 5.36. The van der Waals surface area contributed by atoms with Crippen molar-refractivity contribution in [2.75, 3.05) is 13.6 Å². The minimum atomic E-state index is -0.291. The van der Waals surface area contributed by atoms with E-state index < -0.39 is 0 Å². The van der Waals surface area contributed by atoms with E-state index in [1.165, 1.54) is 4.90 Å². The smallest absolute Gasteiger partial charge is 0.261 e. The van der Waals surface area contributed by atoms with Crippen molar-refractivity contribution in [2.24, 2.45) is 0 Å². The summed E-state index contributed by atoms with van der Waals surface area (Å²) in [6.07, 6.45) is 0.761. The lowest BCUT2D eigenvalue weighted by atomic mass is 10.1. The fourth-order valence-corrected chi connectivity index (χ4v) is 3.81. The first kappa shape index (κ1) is 17.8. The van der Waals surface area contributed by atoms with Crippen LogP contribution in [0.1, 0.15) is 39.1 Å². The Morgan fingerprint density at radius 1 is 1.20 bits per heavy atom. The maximum absolute atomic E-state index is 12.4. The van der Waals surface area contributed by atoms with E-state index in [1.54, 1.807) is 41.5 Å². The molecule has 2 aromatic rings. The zero-order valence-electron chi connectivity index (χ0n) is 13.7. The van der Waals surface area contributed by atoms with Crippen LogP contribution in [-0.2, 0) is 11.3 Å². The summed E-state index contributed by atoms with van der Waals surface area (Å²) in [6, 6.07) is 7.05. The van der Waals surface area contributed by atoms with Crippen molar-refractivity contribution in [1.29, 1.82) is 0 Å². The van der Waals surface area contributed by atoms with E-state index in [1.807, 2.05) is 16.8 Å². The maximum Gasteiger partial charge on any atom is 0.261 e. The maximum atomic E-state index is 12.4. The average Bonchev–Trinajstić information content (AvgIpc) is 3.17. The van der Waals surface area contributed by atoms with Gasteiger partial charge >= 0.3 is 0 Å². The van der Waals surface area contributed by atoms with Crippen molar-refractivity contribution in [3.8, 4) is 0 Å². The molecule has 0 fully saturated rings. The quantitative estimate of drug-likeness (QED) is 0.671. The Morgan fingerprint density at radius 3 is 2.68 bits per heavy atom. The minimum absolute atomic E-state index is 0.00514. The zero-order chi connectivity index (χ0) is 18.0. The molecule has 2 heterocycles. The third kappa shape index (κ3) is 3.82. The van der Waals surface area contributed by atoms with Crippen molar-refractivity contribution < 1.29 is 14.4 Å². The van der Waals surface area contributed by atoms with Gasteiger partial charge in [-0.2, -0.15) is 11.3 Å². The normalized spacial score (nSPS) is 13.3. The summed E-state index contributed by atoms with van der Waals surface area (Å²) in [5.74, 6) is -0.572. The molecule has 5 nitrogen and oxygen atoms in total. The Bertz CT molecular complexity index is 820. The average molecular weight is 421 g/mol. The molecule has 1 aromatic carbocycles. The van der Waals surface area contributed by atoms with Gasteiger partial charge < -0.3 is 4.90 Å². The first-order valence-corrected chi connectivity index (χ1v) is 9.61. The van der Waals surface area contributed by atoms with Crippen molar-refractivity contribution in [2.45, 2.75) is 19.4 Å². The first-order valence-electron chi connectivity index (χ1n) is 7.88. The predicted molar refractivity (Wildman–Crippen MR) is 99.5 cm³/mol. The Balaban J connectivity index is 1.53. The molecule has 25 heavy (non-hydrogen) atoms. The van der Waals surface area contributed by atoms with E-state index in [0.29, 0.717) is 30.5 Å². The molecule has 0 aliphatic carbocycles. The van der Waals surface area contributed by atoms with Gasteiger partial charge in [0, 0.05) is 31.0 Å². The predicted octanol–water partition coefficient (Wildman–Crippen LogP) is 3.55. The number of halogens is 1. The van der Waals surface area contributed by atoms with Gasteiger partial charge in [-0.05, 0) is 47.0 Å². The molecule has 3 rings (SSSR count). The summed E-state index contributed by atoms with van der Waals surface area (Å²) < 4.78 is 0.763. The van der Waals surface area contributed by atoms with Gasteiger partial charge in [0.2, 0.25) is 5.91 Å². The van der Waals surface area contributed by atoms with Crippen LogP contribution in [-0.4, -0.2) is 41.1 Å². The molecule has 0 spiro atoms. The van der Waals surface area contributed by atoms with Crippen molar-refractivity contribution in [3.63, 3.8) is 0 Å². The SMILES string of the molecule is CN(Cc1ccsc1)C(=O)CCCN1C(=O)c2ccc(Br)cc2C1=O. The molecule has 0 bridgehead atoms. The molecule has 0 saturated carbocycles. The van der Waals surface area contributed by atoms with Gasteiger partial charge in [-0.1, -0.05) is 15.9 Å². The first-order chi connectivity index (χ1) is 12.0. The number of carbonyl (C=O) groups is 3. The lowest BCUT2D eigenvalue weighted by molar-refractivity contribution is -0.130. The number of nitrogens with zero attached hydrogens (tertiary/aromatic N) is 2. The number of amides is 3. The number of thiophene rings is 1. The van der Waals surface area contributed by atoms with E-state index in [0.717, 1.165) is 10.0 Å². The minimum Gasteiger partial charge on any atom is -0.341 e. The Morgan fingerprint density at radius 2 is 1.96 bits per heavy atom. The number of carbonyl (C=O) groups excluding carboxylic acids is 3. The lowest BCUT2D eigenvalue weighted by Gasteiger charge is -2.18. The number of fused-ring (bicyclic) bond motifs is 1. The highest BCUT2D eigenvalue weighted by Gasteiger charge is 2.35. The van der Waals surface area contributed by atoms with Gasteiger partial charge in [-0.15, -0.1) is 0 Å². The molecule has 130 valence electrons. The molecule has 0 saturated heterocycles. The van der Waals surface area contributed by atoms with Crippen molar-refractivity contribution >= 4 is 45.0 Å². The fourth-order valence-electron chi connectivity index (χ4n) is 2.79. The van der Waals surface area contributed by atoms with Crippen molar-refractivity contribution in [3.05, 3.63) is 56.2 Å². The van der Waals surface area contributed by atoms with Crippen molar-refractivity contribution in [1.82, 2.24) is 9.80 Å². The van der Waals surface area contributed by atoms with Gasteiger partial charge in [0.15, 0.2) is 0 Å². The summed E-state index contributed by atoms with van der Waals surface area (Å²) in [5, 5.41) is 4.00. The number of hydrogen-bond donors (Lipinski definition) is 0. The largest absolute Gasteiger partial charge is 0.341 e. The standard InChI is InChI=1S/C18H17BrN2O3S/c1-20(10-12-6-8-25-11-12)16(22)3-2-7-21-17(23)14-5-4-13(19)9-15(14)18(21)24/h4-6,8-9,11H,2-3,7,10H2,1H3. The summed E-state index contributed by atoms with van der Waals surface area (Å²) in [7, 11) is 1.76. The second-order valence-electron chi connectivity index (χ2n) is 5.94. The molecule has 1 aliphatic heterocycles. The van der Waals surface area contributed by atoms with Crippen LogP contribution in [0.3, 0.4) is 0 Å². The Labute approximate surface area is 158 Å². The zero-order valence-corrected chi connectivity index (χ0v) is 16.1. The molecule has 1 aromatic heterocycles. The van der Waals surface area contributed by atoms with Crippen LogP contribution in [0.25, 0.3) is 0 Å². The van der Waals surface area contributed by atoms with E-state index in [-0.39, 0.29) is 24.3 Å². The highest BCUT2D eigenvalue weighted by Crippen LogP contribution is 2.26. The molecular formula is C18H17BrN2O3S. The summed E-state index contributed by atoms with van der Waals surface area (Å²) >= 11 is 4.91. The van der Waals surface area contributed by atoms with Gasteiger partial charge in [-0.25, -0.2) is 0 Å². The van der Waals surface area contributed by atoms with E-state index >= 15 is 0 Å². The highest BCUT2D eigenvalue weighted by atomic mass is 79.9. The molecule has 0 unspecified atom stereocenters. The topological polar surface area (TPSA) is 57.7 Å². The lowest BCUT2D eigenvalue weighted by Crippen LogP contribution is -2.32. The van der Waals surface area contributed by atoms with Crippen LogP contribution in [0.5, 0.6) is 0 Å². The molecule has 0 N–H and O–H groups in total. The number of imide groups is 1. The second-order valence-corrected chi connectivity index (χ2v) is 7.63. The molecule has 0 radical (unpaired) electrons. The van der Waals surface area contributed by atoms with Crippen LogP contribution in [0.4, 0.5) is 0 Å². The van der Waals surface area contributed by atoms with Crippen LogP contribution in [0.2, 0.25) is 0 Å². The third-order valence-electron chi connectivity index (χ3n) is 4.13. The number of rotatable bonds is 6.